The van der Waals surface area contributed by atoms with Gasteiger partial charge in [0.1, 0.15) is 35.3 Å². The summed E-state index contributed by atoms with van der Waals surface area (Å²) in [5, 5.41) is 12.0. The quantitative estimate of drug-likeness (QED) is 0.117. The number of methoxy groups -OCH3 is 2. The number of nitrogens with zero attached hydrogens (tertiary/aromatic N) is 3. The summed E-state index contributed by atoms with van der Waals surface area (Å²) in [4.78, 5) is 31.8. The van der Waals surface area contributed by atoms with Crippen molar-refractivity contribution in [1.82, 2.24) is 14.7 Å². The van der Waals surface area contributed by atoms with E-state index in [0.29, 0.717) is 40.4 Å². The number of fused-ring (bicyclic) bond motifs is 1. The molecule has 2 aliphatic rings. The third kappa shape index (κ3) is 9.04. The van der Waals surface area contributed by atoms with Crippen molar-refractivity contribution in [3.8, 4) is 28.4 Å². The molecule has 0 aliphatic carbocycles. The number of carbonyl (C=O) groups excluding carboxylic acids is 1. The average Bonchev–Trinajstić information content (AvgIpc) is 3.15. The van der Waals surface area contributed by atoms with E-state index in [0.717, 1.165) is 62.2 Å². The number of carboxylic acids is 1. The number of likely N-dealkylation sites (N-methyl/N-ethyl adjacent to an activating group) is 1. The topological polar surface area (TPSA) is 91.8 Å². The third-order valence-electron chi connectivity index (χ3n) is 11.1. The lowest BCUT2D eigenvalue weighted by Crippen LogP contribution is -2.61. The first-order valence-electron chi connectivity index (χ1n) is 18.8. The Morgan fingerprint density at radius 3 is 2.16 bits per heavy atom. The predicted molar refractivity (Wildman–Crippen MR) is 205 cm³/mol. The van der Waals surface area contributed by atoms with Crippen molar-refractivity contribution in [2.45, 2.75) is 70.3 Å². The third-order valence-corrected chi connectivity index (χ3v) is 11.1. The smallest absolute Gasteiger partial charge is 0.326 e. The first-order valence-corrected chi connectivity index (χ1v) is 18.8. The van der Waals surface area contributed by atoms with Crippen molar-refractivity contribution < 1.29 is 46.5 Å². The summed E-state index contributed by atoms with van der Waals surface area (Å²) in [6.45, 7) is 7.56. The molecule has 9 nitrogen and oxygen atoms in total. The van der Waals surface area contributed by atoms with E-state index >= 15 is 8.78 Å². The summed E-state index contributed by atoms with van der Waals surface area (Å²) < 4.78 is 77.7. The molecular formula is C42H53F4N3O6. The van der Waals surface area contributed by atoms with Crippen molar-refractivity contribution in [3.05, 3.63) is 66.2 Å². The summed E-state index contributed by atoms with van der Waals surface area (Å²) in [6.07, 6.45) is 2.47. The van der Waals surface area contributed by atoms with Gasteiger partial charge < -0.3 is 24.2 Å². The van der Waals surface area contributed by atoms with Crippen LogP contribution in [0.1, 0.15) is 51.5 Å². The Morgan fingerprint density at radius 1 is 0.927 bits per heavy atom. The van der Waals surface area contributed by atoms with Crippen LogP contribution in [0.3, 0.4) is 0 Å². The molecular weight excluding hydrogens is 718 g/mol. The number of likely N-dealkylation sites (tertiary alicyclic amines) is 2. The zero-order valence-electron chi connectivity index (χ0n) is 32.4. The van der Waals surface area contributed by atoms with Gasteiger partial charge in [0.15, 0.2) is 0 Å². The van der Waals surface area contributed by atoms with Crippen LogP contribution in [0.5, 0.6) is 17.2 Å². The van der Waals surface area contributed by atoms with Crippen LogP contribution in [0.2, 0.25) is 0 Å². The Kier molecular flexibility index (Phi) is 13.1. The fraction of sp³-hybridized carbons (Fsp3) is 0.524. The van der Waals surface area contributed by atoms with E-state index in [4.69, 9.17) is 14.2 Å². The van der Waals surface area contributed by atoms with Gasteiger partial charge in [0.05, 0.1) is 26.3 Å². The van der Waals surface area contributed by atoms with Crippen molar-refractivity contribution in [1.29, 1.82) is 0 Å². The van der Waals surface area contributed by atoms with E-state index < -0.39 is 60.1 Å². The van der Waals surface area contributed by atoms with E-state index in [-0.39, 0.29) is 19.5 Å². The van der Waals surface area contributed by atoms with Gasteiger partial charge in [0.2, 0.25) is 5.91 Å². The molecule has 55 heavy (non-hydrogen) atoms. The second kappa shape index (κ2) is 17.2. The summed E-state index contributed by atoms with van der Waals surface area (Å²) in [6, 6.07) is 13.1. The second-order valence-corrected chi connectivity index (χ2v) is 15.0. The van der Waals surface area contributed by atoms with E-state index in [1.165, 1.54) is 18.4 Å². The number of allylic oxidation sites excluding steroid dienone is 1. The number of carboxylic acid groups (broad SMARTS) is 1. The van der Waals surface area contributed by atoms with Crippen LogP contribution >= 0.6 is 0 Å². The fourth-order valence-electron chi connectivity index (χ4n) is 8.10. The Hall–Kier alpha value is -4.36. The summed E-state index contributed by atoms with van der Waals surface area (Å²) in [5.74, 6) is -7.59. The highest BCUT2D eigenvalue weighted by Crippen LogP contribution is 2.51. The van der Waals surface area contributed by atoms with Crippen LogP contribution in [0, 0.1) is 5.41 Å². The predicted octanol–water partition coefficient (Wildman–Crippen LogP) is 7.79. The molecule has 5 rings (SSSR count). The molecule has 0 spiro atoms. The van der Waals surface area contributed by atoms with Gasteiger partial charge in [-0.2, -0.15) is 0 Å². The number of alkyl halides is 4. The van der Waals surface area contributed by atoms with Crippen molar-refractivity contribution in [3.63, 3.8) is 0 Å². The van der Waals surface area contributed by atoms with Gasteiger partial charge in [-0.3, -0.25) is 14.6 Å². The number of amides is 1. The van der Waals surface area contributed by atoms with Gasteiger partial charge in [-0.05, 0) is 86.3 Å². The fourth-order valence-corrected chi connectivity index (χ4v) is 8.10. The van der Waals surface area contributed by atoms with Crippen molar-refractivity contribution >= 4 is 22.6 Å². The lowest BCUT2D eigenvalue weighted by molar-refractivity contribution is -0.178. The van der Waals surface area contributed by atoms with E-state index in [1.807, 2.05) is 30.3 Å². The van der Waals surface area contributed by atoms with Crippen molar-refractivity contribution in [2.75, 3.05) is 67.1 Å². The van der Waals surface area contributed by atoms with Gasteiger partial charge in [-0.15, -0.1) is 0 Å². The van der Waals surface area contributed by atoms with Crippen LogP contribution in [-0.2, 0) is 16.0 Å². The molecule has 0 aromatic heterocycles. The number of rotatable bonds is 16. The second-order valence-electron chi connectivity index (χ2n) is 15.0. The molecule has 3 aromatic carbocycles. The van der Waals surface area contributed by atoms with Gasteiger partial charge in [0, 0.05) is 39.1 Å². The van der Waals surface area contributed by atoms with E-state index in [9.17, 15) is 23.5 Å². The molecule has 1 N–H and O–H groups in total. The number of benzene rings is 3. The van der Waals surface area contributed by atoms with Gasteiger partial charge in [-0.25, -0.2) is 22.4 Å². The standard InChI is InChI=1S/C42H53F4N3O6/c1-28(2)42(45,46)41(16-20-49(21-17-41)27-40(3,43)44)39(52)47(4)34(38(50)51)24-29-12-10-14-32-31(29)13-11-15-33(32)37-35(54-6)25-30(53-5)26-36(37)55-23-22-48-18-8-7-9-19-48/h10-15,25-26,34H,1,7-9,16-24,27H2,2-6H3,(H,50,51)/t34-/m0/s1. The first-order chi connectivity index (χ1) is 26.0. The molecule has 2 saturated heterocycles. The van der Waals surface area contributed by atoms with Crippen LogP contribution in [-0.4, -0.2) is 117 Å². The highest BCUT2D eigenvalue weighted by atomic mass is 19.3. The van der Waals surface area contributed by atoms with Crippen LogP contribution in [0.25, 0.3) is 21.9 Å². The highest BCUT2D eigenvalue weighted by Gasteiger charge is 2.61. The maximum atomic E-state index is 16.1. The lowest BCUT2D eigenvalue weighted by atomic mass is 9.69. The SMILES string of the molecule is C=C(C)C(F)(F)C1(C(=O)N(C)[C@@H](Cc2cccc3c(-c4c(OC)cc(OC)cc4OCCN4CCCCC4)cccc23)C(=O)O)CCN(CC(C)(F)F)CC1. The molecule has 300 valence electrons. The van der Waals surface area contributed by atoms with Crippen LogP contribution in [0.4, 0.5) is 17.6 Å². The number of piperidine rings is 2. The number of carbonyl (C=O) groups is 2. The minimum Gasteiger partial charge on any atom is -0.496 e. The Labute approximate surface area is 320 Å². The molecule has 0 saturated carbocycles. The molecule has 0 unspecified atom stereocenters. The largest absolute Gasteiger partial charge is 0.496 e. The molecule has 2 heterocycles. The maximum Gasteiger partial charge on any atom is 0.326 e. The summed E-state index contributed by atoms with van der Waals surface area (Å²) in [5.41, 5.74) is -0.898. The summed E-state index contributed by atoms with van der Waals surface area (Å²) >= 11 is 0. The molecule has 13 heteroatoms. The number of aliphatic carboxylic acids is 1. The van der Waals surface area contributed by atoms with E-state index in [1.54, 1.807) is 32.4 Å². The zero-order valence-corrected chi connectivity index (χ0v) is 32.4. The monoisotopic (exact) mass is 771 g/mol. The van der Waals surface area contributed by atoms with Gasteiger partial charge >= 0.3 is 5.97 Å². The minimum absolute atomic E-state index is 0.186. The van der Waals surface area contributed by atoms with Crippen molar-refractivity contribution in [2.24, 2.45) is 5.41 Å². The zero-order chi connectivity index (χ0) is 40.1. The molecule has 1 atom stereocenters. The normalized spacial score (nSPS) is 17.4. The summed E-state index contributed by atoms with van der Waals surface area (Å²) in [7, 11) is 4.34. The van der Waals surface area contributed by atoms with Crippen LogP contribution < -0.4 is 14.2 Å². The molecule has 3 aromatic rings. The minimum atomic E-state index is -3.72. The molecule has 2 aliphatic heterocycles. The lowest BCUT2D eigenvalue weighted by Gasteiger charge is -2.47. The number of halogens is 4. The van der Waals surface area contributed by atoms with Crippen LogP contribution in [0.15, 0.2) is 60.7 Å². The maximum absolute atomic E-state index is 16.1. The van der Waals surface area contributed by atoms with Gasteiger partial charge in [0.25, 0.3) is 11.8 Å². The first kappa shape index (κ1) is 41.8. The average molecular weight is 772 g/mol. The number of ether oxygens (including phenoxy) is 3. The highest BCUT2D eigenvalue weighted by molar-refractivity contribution is 6.01. The molecule has 0 radical (unpaired) electrons. The number of hydrogen-bond donors (Lipinski definition) is 1. The molecule has 2 fully saturated rings. The molecule has 1 amide bonds. The molecule has 0 bridgehead atoms. The van der Waals surface area contributed by atoms with Gasteiger partial charge in [-0.1, -0.05) is 49.4 Å². The Balaban J connectivity index is 1.49. The Bertz CT molecular complexity index is 1850. The Morgan fingerprint density at radius 2 is 1.56 bits per heavy atom. The van der Waals surface area contributed by atoms with E-state index in [2.05, 4.69) is 11.5 Å². The number of hydrogen-bond acceptors (Lipinski definition) is 7.